The van der Waals surface area contributed by atoms with Crippen LogP contribution in [-0.4, -0.2) is 90.3 Å². The largest absolute Gasteiger partial charge is 0.497 e. The Bertz CT molecular complexity index is 730. The molecule has 0 spiro atoms. The van der Waals surface area contributed by atoms with E-state index in [1.807, 2.05) is 0 Å². The number of hydrogen-bond acceptors (Lipinski definition) is 10. The van der Waals surface area contributed by atoms with Crippen molar-refractivity contribution in [2.24, 2.45) is 0 Å². The highest BCUT2D eigenvalue weighted by molar-refractivity contribution is 5.78. The van der Waals surface area contributed by atoms with Crippen LogP contribution in [0.4, 0.5) is 0 Å². The first-order chi connectivity index (χ1) is 14.7. The summed E-state index contributed by atoms with van der Waals surface area (Å²) in [6, 6.07) is 4.40. The molecule has 6 atom stereocenters. The second kappa shape index (κ2) is 11.4. The number of likely N-dealkylation sites (N-methyl/N-ethyl adjacent to an activating group) is 1. The summed E-state index contributed by atoms with van der Waals surface area (Å²) >= 11 is 0. The molecule has 1 fully saturated rings. The molecule has 1 amide bonds. The van der Waals surface area contributed by atoms with Crippen LogP contribution >= 0.6 is 0 Å². The second-order valence-electron chi connectivity index (χ2n) is 7.01. The topological polar surface area (TPSA) is 147 Å². The molecule has 1 heterocycles. The molecule has 31 heavy (non-hydrogen) atoms. The van der Waals surface area contributed by atoms with Gasteiger partial charge in [0.15, 0.2) is 18.4 Å². The van der Waals surface area contributed by atoms with Crippen LogP contribution < -0.4 is 10.1 Å². The predicted octanol–water partition coefficient (Wildman–Crippen LogP) is -0.893. The molecule has 1 aromatic carbocycles. The van der Waals surface area contributed by atoms with Crippen LogP contribution in [-0.2, 0) is 23.9 Å². The Morgan fingerprint density at radius 1 is 1.26 bits per heavy atom. The van der Waals surface area contributed by atoms with Gasteiger partial charge in [0, 0.05) is 14.0 Å². The molecule has 0 bridgehead atoms. The fourth-order valence-electron chi connectivity index (χ4n) is 3.37. The maximum Gasteiger partial charge on any atom is 0.330 e. The molecule has 2 rings (SSSR count). The van der Waals surface area contributed by atoms with Gasteiger partial charge in [-0.15, -0.1) is 0 Å². The molecule has 11 nitrogen and oxygen atoms in total. The van der Waals surface area contributed by atoms with Gasteiger partial charge in [-0.05, 0) is 24.6 Å². The molecular weight excluding hydrogens is 412 g/mol. The van der Waals surface area contributed by atoms with Crippen LogP contribution in [0.3, 0.4) is 0 Å². The zero-order valence-electron chi connectivity index (χ0n) is 17.9. The van der Waals surface area contributed by atoms with Crippen molar-refractivity contribution >= 4 is 11.9 Å². The van der Waals surface area contributed by atoms with Gasteiger partial charge >= 0.3 is 5.97 Å². The number of hydrogen-bond donors (Lipinski definition) is 4. The molecule has 11 heteroatoms. The third kappa shape index (κ3) is 6.12. The van der Waals surface area contributed by atoms with Gasteiger partial charge in [0.25, 0.3) is 0 Å². The number of hydroxylamine groups is 2. The number of aliphatic hydroxyl groups is 3. The van der Waals surface area contributed by atoms with Gasteiger partial charge in [0.2, 0.25) is 5.91 Å². The lowest BCUT2D eigenvalue weighted by Crippen LogP contribution is -2.65. The fraction of sp³-hybridized carbons (Fsp3) is 0.600. The molecule has 0 aliphatic carbocycles. The van der Waals surface area contributed by atoms with Gasteiger partial charge in [0.1, 0.15) is 24.0 Å². The molecule has 1 saturated heterocycles. The summed E-state index contributed by atoms with van der Waals surface area (Å²) in [6.45, 7) is 2.62. The zero-order chi connectivity index (χ0) is 23.1. The lowest BCUT2D eigenvalue weighted by atomic mass is 9.96. The molecule has 174 valence electrons. The average molecular weight is 442 g/mol. The SMILES string of the molecule is CCON(C)[C@H](C(=O)O[C@H]1[C@H](O)[C@@H](CO)OC(O)[C@@H]1NC(C)=O)c1ccc(OC)cc1. The van der Waals surface area contributed by atoms with Crippen molar-refractivity contribution in [3.05, 3.63) is 29.8 Å². The van der Waals surface area contributed by atoms with Crippen molar-refractivity contribution in [1.29, 1.82) is 0 Å². The van der Waals surface area contributed by atoms with Crippen molar-refractivity contribution in [3.8, 4) is 5.75 Å². The molecule has 1 aliphatic heterocycles. The number of amides is 1. The van der Waals surface area contributed by atoms with Gasteiger partial charge in [-0.1, -0.05) is 12.1 Å². The summed E-state index contributed by atoms with van der Waals surface area (Å²) in [6.07, 6.45) is -5.69. The van der Waals surface area contributed by atoms with Gasteiger partial charge in [-0.2, -0.15) is 5.06 Å². The molecule has 1 aromatic rings. The molecule has 4 N–H and O–H groups in total. The van der Waals surface area contributed by atoms with Crippen LogP contribution in [0.1, 0.15) is 25.5 Å². The molecule has 0 aromatic heterocycles. The Kier molecular flexibility index (Phi) is 9.16. The van der Waals surface area contributed by atoms with Crippen LogP contribution in [0.25, 0.3) is 0 Å². The number of carbonyl (C=O) groups is 2. The lowest BCUT2D eigenvalue weighted by Gasteiger charge is -2.42. The van der Waals surface area contributed by atoms with E-state index in [2.05, 4.69) is 5.32 Å². The van der Waals surface area contributed by atoms with E-state index in [1.165, 1.54) is 19.1 Å². The Morgan fingerprint density at radius 2 is 1.90 bits per heavy atom. The van der Waals surface area contributed by atoms with Crippen molar-refractivity contribution in [2.75, 3.05) is 27.4 Å². The minimum atomic E-state index is -1.61. The highest BCUT2D eigenvalue weighted by Crippen LogP contribution is 2.28. The van der Waals surface area contributed by atoms with E-state index in [1.54, 1.807) is 38.2 Å². The summed E-state index contributed by atoms with van der Waals surface area (Å²) in [5, 5.41) is 33.9. The molecule has 1 aliphatic rings. The van der Waals surface area contributed by atoms with Crippen LogP contribution in [0, 0.1) is 0 Å². The Morgan fingerprint density at radius 3 is 2.42 bits per heavy atom. The van der Waals surface area contributed by atoms with Crippen molar-refractivity contribution in [1.82, 2.24) is 10.4 Å². The minimum absolute atomic E-state index is 0.288. The number of ether oxygens (including phenoxy) is 3. The van der Waals surface area contributed by atoms with Crippen LogP contribution in [0.2, 0.25) is 0 Å². The van der Waals surface area contributed by atoms with Crippen LogP contribution in [0.15, 0.2) is 24.3 Å². The third-order valence-electron chi connectivity index (χ3n) is 4.85. The van der Waals surface area contributed by atoms with E-state index in [-0.39, 0.29) is 6.61 Å². The van der Waals surface area contributed by atoms with Gasteiger partial charge in [-0.3, -0.25) is 9.63 Å². The monoisotopic (exact) mass is 442 g/mol. The number of aliphatic hydroxyl groups excluding tert-OH is 3. The second-order valence-corrected chi connectivity index (χ2v) is 7.01. The summed E-state index contributed by atoms with van der Waals surface area (Å²) in [5.41, 5.74) is 0.527. The number of carbonyl (C=O) groups excluding carboxylic acids is 2. The maximum atomic E-state index is 13.2. The number of nitrogens with one attached hydrogen (secondary N) is 1. The highest BCUT2D eigenvalue weighted by atomic mass is 16.7. The Labute approximate surface area is 180 Å². The third-order valence-corrected chi connectivity index (χ3v) is 4.85. The molecule has 1 unspecified atom stereocenters. The molecule has 0 radical (unpaired) electrons. The first-order valence-electron chi connectivity index (χ1n) is 9.83. The average Bonchev–Trinajstić information content (AvgIpc) is 2.73. The standard InChI is InChI=1S/C20H30N2O9/c1-5-29-22(3)16(12-6-8-13(28-4)9-7-12)20(27)31-18-15(21-11(2)24)19(26)30-14(10-23)17(18)25/h6-9,14-19,23,25-26H,5,10H2,1-4H3,(H,21,24)/t14-,15-,16+,17-,18-,19?/m1/s1. The van der Waals surface area contributed by atoms with E-state index in [0.29, 0.717) is 11.3 Å². The van der Waals surface area contributed by atoms with Crippen molar-refractivity contribution in [2.45, 2.75) is 50.5 Å². The quantitative estimate of drug-likeness (QED) is 0.280. The van der Waals surface area contributed by atoms with E-state index in [0.717, 1.165) is 0 Å². The van der Waals surface area contributed by atoms with Crippen molar-refractivity contribution in [3.63, 3.8) is 0 Å². The zero-order valence-corrected chi connectivity index (χ0v) is 17.9. The van der Waals surface area contributed by atoms with Gasteiger partial charge in [0.05, 0.1) is 20.3 Å². The number of esters is 1. The fourth-order valence-corrected chi connectivity index (χ4v) is 3.37. The van der Waals surface area contributed by atoms with E-state index in [9.17, 15) is 24.9 Å². The van der Waals surface area contributed by atoms with Gasteiger partial charge in [-0.25, -0.2) is 4.79 Å². The Hall–Kier alpha value is -2.28. The Balaban J connectivity index is 2.33. The highest BCUT2D eigenvalue weighted by Gasteiger charge is 2.48. The summed E-state index contributed by atoms with van der Waals surface area (Å²) < 4.78 is 15.8. The number of nitrogens with zero attached hydrogens (tertiary/aromatic N) is 1. The van der Waals surface area contributed by atoms with E-state index >= 15 is 0 Å². The summed E-state index contributed by atoms with van der Waals surface area (Å²) in [4.78, 5) is 30.2. The molecule has 0 saturated carbocycles. The van der Waals surface area contributed by atoms with E-state index in [4.69, 9.17) is 19.0 Å². The minimum Gasteiger partial charge on any atom is -0.497 e. The summed E-state index contributed by atoms with van der Waals surface area (Å²) in [7, 11) is 3.07. The van der Waals surface area contributed by atoms with Crippen LogP contribution in [0.5, 0.6) is 5.75 Å². The predicted molar refractivity (Wildman–Crippen MR) is 107 cm³/mol. The lowest BCUT2D eigenvalue weighted by molar-refractivity contribution is -0.262. The number of rotatable bonds is 9. The van der Waals surface area contributed by atoms with Gasteiger partial charge < -0.3 is 34.8 Å². The number of benzene rings is 1. The smallest absolute Gasteiger partial charge is 0.330 e. The summed E-state index contributed by atoms with van der Waals surface area (Å²) in [5.74, 6) is -0.734. The first-order valence-corrected chi connectivity index (χ1v) is 9.83. The maximum absolute atomic E-state index is 13.2. The number of methoxy groups -OCH3 is 1. The van der Waals surface area contributed by atoms with Crippen molar-refractivity contribution < 1.29 is 44.0 Å². The normalized spacial score (nSPS) is 26.9. The molecular formula is C20H30N2O9. The first kappa shape index (κ1) is 25.0. The van der Waals surface area contributed by atoms with E-state index < -0.39 is 55.2 Å².